The predicted molar refractivity (Wildman–Crippen MR) is 124 cm³/mol. The summed E-state index contributed by atoms with van der Waals surface area (Å²) < 4.78 is 1.66. The van der Waals surface area contributed by atoms with Crippen molar-refractivity contribution in [3.8, 4) is 11.1 Å². The van der Waals surface area contributed by atoms with Crippen LogP contribution in [0.25, 0.3) is 22.0 Å². The molecule has 3 heteroatoms. The minimum atomic E-state index is -0.152. The molecule has 1 aliphatic rings. The minimum Gasteiger partial charge on any atom is -0.307 e. The normalized spacial score (nSPS) is 14.7. The third-order valence-corrected chi connectivity index (χ3v) is 6.25. The molecule has 1 fully saturated rings. The Morgan fingerprint density at radius 1 is 0.800 bits per heavy atom. The zero-order chi connectivity index (χ0) is 20.3. The van der Waals surface area contributed by atoms with Gasteiger partial charge in [0, 0.05) is 17.3 Å². The fraction of sp³-hybridized carbons (Fsp3) is 0.222. The number of carbonyl (C=O) groups is 1. The molecule has 0 radical (unpaired) electrons. The van der Waals surface area contributed by atoms with E-state index in [0.29, 0.717) is 0 Å². The van der Waals surface area contributed by atoms with E-state index in [1.807, 2.05) is 48.7 Å². The average Bonchev–Trinajstić information content (AvgIpc) is 3.24. The second kappa shape index (κ2) is 8.19. The van der Waals surface area contributed by atoms with Gasteiger partial charge in [-0.05, 0) is 65.8 Å². The Morgan fingerprint density at radius 3 is 2.30 bits per heavy atom. The fourth-order valence-corrected chi connectivity index (χ4v) is 4.59. The lowest BCUT2D eigenvalue weighted by Gasteiger charge is -2.22. The molecule has 4 aromatic rings. The Labute approximate surface area is 177 Å². The van der Waals surface area contributed by atoms with Crippen molar-refractivity contribution in [2.24, 2.45) is 0 Å². The Morgan fingerprint density at radius 2 is 1.53 bits per heavy atom. The van der Waals surface area contributed by atoms with E-state index in [2.05, 4.69) is 41.7 Å². The number of amides is 1. The van der Waals surface area contributed by atoms with Crippen molar-refractivity contribution in [2.75, 3.05) is 5.32 Å². The molecule has 5 rings (SSSR count). The maximum atomic E-state index is 12.7. The molecule has 30 heavy (non-hydrogen) atoms. The lowest BCUT2D eigenvalue weighted by molar-refractivity contribution is 0.254. The minimum absolute atomic E-state index is 0.152. The van der Waals surface area contributed by atoms with E-state index < -0.39 is 0 Å². The molecule has 0 spiro atoms. The lowest BCUT2D eigenvalue weighted by Crippen LogP contribution is -2.18. The van der Waals surface area contributed by atoms with Gasteiger partial charge in [0.05, 0.1) is 5.52 Å². The molecule has 1 heterocycles. The van der Waals surface area contributed by atoms with Crippen molar-refractivity contribution in [3.63, 3.8) is 0 Å². The second-order valence-corrected chi connectivity index (χ2v) is 8.21. The fourth-order valence-electron chi connectivity index (χ4n) is 4.59. The molecule has 1 amide bonds. The first-order valence-corrected chi connectivity index (χ1v) is 10.9. The van der Waals surface area contributed by atoms with Gasteiger partial charge in [-0.3, -0.25) is 4.57 Å². The van der Waals surface area contributed by atoms with Crippen molar-refractivity contribution in [1.29, 1.82) is 0 Å². The van der Waals surface area contributed by atoms with Gasteiger partial charge >= 0.3 is 6.03 Å². The highest BCUT2D eigenvalue weighted by atomic mass is 16.2. The number of para-hydroxylation sites is 1. The van der Waals surface area contributed by atoms with E-state index in [1.54, 1.807) is 4.57 Å². The maximum Gasteiger partial charge on any atom is 0.330 e. The van der Waals surface area contributed by atoms with Crippen LogP contribution in [0.2, 0.25) is 0 Å². The number of anilines is 1. The molecule has 0 atom stereocenters. The van der Waals surface area contributed by atoms with Gasteiger partial charge in [0.15, 0.2) is 0 Å². The van der Waals surface area contributed by atoms with Crippen molar-refractivity contribution >= 4 is 22.6 Å². The molecule has 1 aromatic heterocycles. The van der Waals surface area contributed by atoms with Gasteiger partial charge in [0.1, 0.15) is 0 Å². The standard InChI is InChI=1S/C27H26N2O/c30-27(28-25-9-5-2-6-10-25)29-18-17-24-19-23(15-16-26(24)29)22-13-11-21(12-14-22)20-7-3-1-4-8-20/h2,5-6,9-20H,1,3-4,7-8H2,(H,28,30). The molecule has 3 nitrogen and oxygen atoms in total. The van der Waals surface area contributed by atoms with Crippen LogP contribution in [0.1, 0.15) is 43.6 Å². The van der Waals surface area contributed by atoms with Gasteiger partial charge in [0.25, 0.3) is 0 Å². The quantitative estimate of drug-likeness (QED) is 0.385. The third-order valence-electron chi connectivity index (χ3n) is 6.25. The van der Waals surface area contributed by atoms with E-state index in [1.165, 1.54) is 48.8 Å². The largest absolute Gasteiger partial charge is 0.330 e. The van der Waals surface area contributed by atoms with Crippen LogP contribution in [-0.2, 0) is 0 Å². The number of carbonyl (C=O) groups excluding carboxylic acids is 1. The second-order valence-electron chi connectivity index (χ2n) is 8.21. The van der Waals surface area contributed by atoms with Crippen LogP contribution in [0.3, 0.4) is 0 Å². The van der Waals surface area contributed by atoms with Gasteiger partial charge in [-0.1, -0.05) is 67.8 Å². The van der Waals surface area contributed by atoms with Crippen molar-refractivity contribution in [1.82, 2.24) is 4.57 Å². The number of nitrogens with zero attached hydrogens (tertiary/aromatic N) is 1. The smallest absolute Gasteiger partial charge is 0.307 e. The molecule has 1 N–H and O–H groups in total. The first kappa shape index (κ1) is 18.7. The summed E-state index contributed by atoms with van der Waals surface area (Å²) in [5, 5.41) is 4.01. The van der Waals surface area contributed by atoms with E-state index in [-0.39, 0.29) is 6.03 Å². The van der Waals surface area contributed by atoms with Crippen molar-refractivity contribution in [2.45, 2.75) is 38.0 Å². The van der Waals surface area contributed by atoms with Crippen LogP contribution in [0.15, 0.2) is 85.1 Å². The molecule has 0 unspecified atom stereocenters. The zero-order valence-electron chi connectivity index (χ0n) is 17.1. The third kappa shape index (κ3) is 3.76. The van der Waals surface area contributed by atoms with Crippen LogP contribution < -0.4 is 5.32 Å². The summed E-state index contributed by atoms with van der Waals surface area (Å²) in [4.78, 5) is 12.7. The topological polar surface area (TPSA) is 34.0 Å². The van der Waals surface area contributed by atoms with E-state index in [4.69, 9.17) is 0 Å². The van der Waals surface area contributed by atoms with Gasteiger partial charge in [-0.15, -0.1) is 0 Å². The Hall–Kier alpha value is -3.33. The molecular weight excluding hydrogens is 368 g/mol. The predicted octanol–water partition coefficient (Wildman–Crippen LogP) is 7.44. The lowest BCUT2D eigenvalue weighted by atomic mass is 9.84. The summed E-state index contributed by atoms with van der Waals surface area (Å²) in [6.45, 7) is 0. The van der Waals surface area contributed by atoms with E-state index >= 15 is 0 Å². The highest BCUT2D eigenvalue weighted by Gasteiger charge is 2.15. The number of hydrogen-bond acceptors (Lipinski definition) is 1. The van der Waals surface area contributed by atoms with Crippen LogP contribution in [0.5, 0.6) is 0 Å². The number of fused-ring (bicyclic) bond motifs is 1. The highest BCUT2D eigenvalue weighted by Crippen LogP contribution is 2.34. The highest BCUT2D eigenvalue weighted by molar-refractivity contribution is 5.99. The molecule has 0 bridgehead atoms. The number of aromatic nitrogens is 1. The van der Waals surface area contributed by atoms with Gasteiger partial charge in [-0.25, -0.2) is 4.79 Å². The van der Waals surface area contributed by atoms with E-state index in [9.17, 15) is 4.79 Å². The van der Waals surface area contributed by atoms with E-state index in [0.717, 1.165) is 22.5 Å². The van der Waals surface area contributed by atoms with Gasteiger partial charge in [0.2, 0.25) is 0 Å². The Bertz CT molecular complexity index is 1150. The monoisotopic (exact) mass is 394 g/mol. The van der Waals surface area contributed by atoms with Gasteiger partial charge < -0.3 is 5.32 Å². The maximum absolute atomic E-state index is 12.7. The summed E-state index contributed by atoms with van der Waals surface area (Å²) in [6, 6.07) is 26.8. The zero-order valence-corrected chi connectivity index (χ0v) is 17.1. The van der Waals surface area contributed by atoms with Crippen LogP contribution >= 0.6 is 0 Å². The summed E-state index contributed by atoms with van der Waals surface area (Å²) in [6.07, 6.45) is 8.58. The summed E-state index contributed by atoms with van der Waals surface area (Å²) in [7, 11) is 0. The number of nitrogens with one attached hydrogen (secondary N) is 1. The average molecular weight is 395 g/mol. The summed E-state index contributed by atoms with van der Waals surface area (Å²) in [5.41, 5.74) is 5.57. The molecular formula is C27H26N2O. The van der Waals surface area contributed by atoms with Crippen LogP contribution in [0, 0.1) is 0 Å². The first-order valence-electron chi connectivity index (χ1n) is 10.9. The molecule has 1 aliphatic carbocycles. The number of benzene rings is 3. The summed E-state index contributed by atoms with van der Waals surface area (Å²) in [5.74, 6) is 0.729. The number of rotatable bonds is 3. The number of hydrogen-bond donors (Lipinski definition) is 1. The first-order chi connectivity index (χ1) is 14.8. The molecule has 0 aliphatic heterocycles. The Kier molecular flexibility index (Phi) is 5.10. The molecule has 1 saturated carbocycles. The molecule has 0 saturated heterocycles. The SMILES string of the molecule is O=C(Nc1ccccc1)n1ccc2cc(-c3ccc(C4CCCCC4)cc3)ccc21. The molecule has 150 valence electrons. The van der Waals surface area contributed by atoms with Gasteiger partial charge in [-0.2, -0.15) is 0 Å². The Balaban J connectivity index is 1.37. The van der Waals surface area contributed by atoms with Crippen molar-refractivity contribution in [3.05, 3.63) is 90.6 Å². The van der Waals surface area contributed by atoms with Crippen LogP contribution in [-0.4, -0.2) is 10.6 Å². The molecule has 3 aromatic carbocycles. The summed E-state index contributed by atoms with van der Waals surface area (Å²) >= 11 is 0. The van der Waals surface area contributed by atoms with Crippen molar-refractivity contribution < 1.29 is 4.79 Å². The van der Waals surface area contributed by atoms with Crippen LogP contribution in [0.4, 0.5) is 10.5 Å².